The molecular weight excluding hydrogens is 252 g/mol. The SMILES string of the molecule is CCN(CC1CC1)c1sc([C@H](C)O)cc1[N+](=O)[O-]. The standard InChI is InChI=1S/C12H18N2O3S/c1-3-13(7-9-4-5-9)12-10(14(16)17)6-11(18-12)8(2)15/h6,8-9,15H,3-5,7H2,1-2H3/t8-/m0/s1. The van der Waals surface area contributed by atoms with E-state index in [0.717, 1.165) is 13.1 Å². The number of hydrogen-bond donors (Lipinski definition) is 1. The van der Waals surface area contributed by atoms with E-state index in [-0.39, 0.29) is 10.6 Å². The van der Waals surface area contributed by atoms with Gasteiger partial charge < -0.3 is 10.0 Å². The van der Waals surface area contributed by atoms with E-state index in [0.29, 0.717) is 15.8 Å². The molecule has 0 spiro atoms. The van der Waals surface area contributed by atoms with Crippen LogP contribution in [0.25, 0.3) is 0 Å². The number of aliphatic hydroxyl groups is 1. The Morgan fingerprint density at radius 2 is 2.33 bits per heavy atom. The number of anilines is 1. The lowest BCUT2D eigenvalue weighted by molar-refractivity contribution is -0.383. The van der Waals surface area contributed by atoms with Crippen molar-refractivity contribution in [2.24, 2.45) is 5.92 Å². The highest BCUT2D eigenvalue weighted by Gasteiger charge is 2.29. The second kappa shape index (κ2) is 5.24. The molecule has 1 atom stereocenters. The van der Waals surface area contributed by atoms with Crippen molar-refractivity contribution in [1.82, 2.24) is 0 Å². The molecule has 0 radical (unpaired) electrons. The second-order valence-corrected chi connectivity index (χ2v) is 5.82. The van der Waals surface area contributed by atoms with E-state index in [2.05, 4.69) is 4.90 Å². The molecule has 0 bridgehead atoms. The number of aliphatic hydroxyl groups excluding tert-OH is 1. The zero-order valence-electron chi connectivity index (χ0n) is 10.6. The lowest BCUT2D eigenvalue weighted by Gasteiger charge is -2.20. The Kier molecular flexibility index (Phi) is 3.87. The third-order valence-electron chi connectivity index (χ3n) is 3.17. The summed E-state index contributed by atoms with van der Waals surface area (Å²) in [4.78, 5) is 13.4. The molecule has 18 heavy (non-hydrogen) atoms. The van der Waals surface area contributed by atoms with Crippen LogP contribution >= 0.6 is 11.3 Å². The minimum absolute atomic E-state index is 0.124. The molecule has 100 valence electrons. The largest absolute Gasteiger partial charge is 0.388 e. The molecule has 1 aromatic heterocycles. The highest BCUT2D eigenvalue weighted by Crippen LogP contribution is 2.42. The summed E-state index contributed by atoms with van der Waals surface area (Å²) in [6.45, 7) is 5.29. The number of rotatable bonds is 6. The topological polar surface area (TPSA) is 66.6 Å². The number of hydrogen-bond acceptors (Lipinski definition) is 5. The van der Waals surface area contributed by atoms with Gasteiger partial charge in [0.2, 0.25) is 0 Å². The second-order valence-electron chi connectivity index (χ2n) is 4.75. The van der Waals surface area contributed by atoms with Gasteiger partial charge >= 0.3 is 5.69 Å². The Labute approximate surface area is 110 Å². The van der Waals surface area contributed by atoms with Crippen LogP contribution in [0.15, 0.2) is 6.07 Å². The molecule has 0 saturated heterocycles. The van der Waals surface area contributed by atoms with Gasteiger partial charge in [0.1, 0.15) is 0 Å². The minimum atomic E-state index is -0.651. The third-order valence-corrected chi connectivity index (χ3v) is 4.52. The van der Waals surface area contributed by atoms with Crippen molar-refractivity contribution < 1.29 is 10.0 Å². The molecule has 0 amide bonds. The van der Waals surface area contributed by atoms with E-state index in [4.69, 9.17) is 0 Å². The number of nitrogens with zero attached hydrogens (tertiary/aromatic N) is 2. The van der Waals surface area contributed by atoms with Crippen LogP contribution in [0.5, 0.6) is 0 Å². The summed E-state index contributed by atoms with van der Waals surface area (Å²) in [5.74, 6) is 0.682. The fourth-order valence-corrected chi connectivity index (χ4v) is 3.06. The van der Waals surface area contributed by atoms with E-state index >= 15 is 0 Å². The molecule has 0 aromatic carbocycles. The Bertz CT molecular complexity index is 441. The number of nitro groups is 1. The predicted octanol–water partition coefficient (Wildman–Crippen LogP) is 2.95. The van der Waals surface area contributed by atoms with Crippen LogP contribution in [0, 0.1) is 16.0 Å². The monoisotopic (exact) mass is 270 g/mol. The van der Waals surface area contributed by atoms with Crippen molar-refractivity contribution in [2.45, 2.75) is 32.8 Å². The van der Waals surface area contributed by atoms with E-state index in [1.807, 2.05) is 6.92 Å². The maximum absolute atomic E-state index is 11.1. The van der Waals surface area contributed by atoms with Crippen LogP contribution in [-0.2, 0) is 0 Å². The zero-order chi connectivity index (χ0) is 13.3. The molecule has 1 aliphatic rings. The van der Waals surface area contributed by atoms with Crippen molar-refractivity contribution in [3.05, 3.63) is 21.1 Å². The van der Waals surface area contributed by atoms with E-state index in [9.17, 15) is 15.2 Å². The van der Waals surface area contributed by atoms with Crippen LogP contribution < -0.4 is 4.90 Å². The molecule has 0 aliphatic heterocycles. The summed E-state index contributed by atoms with van der Waals surface area (Å²) in [6, 6.07) is 1.50. The van der Waals surface area contributed by atoms with Crippen molar-refractivity contribution in [3.8, 4) is 0 Å². The molecule has 5 nitrogen and oxygen atoms in total. The fraction of sp³-hybridized carbons (Fsp3) is 0.667. The summed E-state index contributed by atoms with van der Waals surface area (Å²) < 4.78 is 0. The summed E-state index contributed by atoms with van der Waals surface area (Å²) in [5.41, 5.74) is 0.124. The van der Waals surface area contributed by atoms with E-state index in [1.165, 1.54) is 30.2 Å². The van der Waals surface area contributed by atoms with Gasteiger partial charge in [0.15, 0.2) is 5.00 Å². The normalized spacial score (nSPS) is 16.6. The van der Waals surface area contributed by atoms with Crippen molar-refractivity contribution >= 4 is 22.0 Å². The van der Waals surface area contributed by atoms with Gasteiger partial charge in [-0.3, -0.25) is 10.1 Å². The number of thiophene rings is 1. The van der Waals surface area contributed by atoms with Gasteiger partial charge in [0.05, 0.1) is 11.0 Å². The third kappa shape index (κ3) is 2.81. The summed E-state index contributed by atoms with van der Waals surface area (Å²) in [7, 11) is 0. The highest BCUT2D eigenvalue weighted by molar-refractivity contribution is 7.16. The van der Waals surface area contributed by atoms with Gasteiger partial charge in [-0.25, -0.2) is 0 Å². The summed E-state index contributed by atoms with van der Waals surface area (Å²) in [6.07, 6.45) is 1.79. The van der Waals surface area contributed by atoms with Crippen LogP contribution in [0.4, 0.5) is 10.7 Å². The average Bonchev–Trinajstić information content (AvgIpc) is 3.01. The molecule has 1 aromatic rings. The molecule has 1 fully saturated rings. The molecular formula is C12H18N2O3S. The van der Waals surface area contributed by atoms with Crippen LogP contribution in [0.1, 0.15) is 37.7 Å². The van der Waals surface area contributed by atoms with Gasteiger partial charge in [-0.05, 0) is 32.6 Å². The van der Waals surface area contributed by atoms with Crippen molar-refractivity contribution in [2.75, 3.05) is 18.0 Å². The molecule has 2 rings (SSSR count). The van der Waals surface area contributed by atoms with Crippen LogP contribution in [0.3, 0.4) is 0 Å². The molecule has 1 saturated carbocycles. The fourth-order valence-electron chi connectivity index (χ4n) is 1.92. The first-order valence-corrected chi connectivity index (χ1v) is 7.05. The predicted molar refractivity (Wildman–Crippen MR) is 72.2 cm³/mol. The first-order valence-electron chi connectivity index (χ1n) is 6.24. The van der Waals surface area contributed by atoms with Gasteiger partial charge in [-0.15, -0.1) is 11.3 Å². The Morgan fingerprint density at radius 3 is 2.78 bits per heavy atom. The summed E-state index contributed by atoms with van der Waals surface area (Å²) >= 11 is 1.33. The van der Waals surface area contributed by atoms with Gasteiger partial charge in [-0.2, -0.15) is 0 Å². The molecule has 1 N–H and O–H groups in total. The van der Waals surface area contributed by atoms with Crippen molar-refractivity contribution in [3.63, 3.8) is 0 Å². The van der Waals surface area contributed by atoms with Crippen LogP contribution in [-0.4, -0.2) is 23.1 Å². The van der Waals surface area contributed by atoms with Crippen LogP contribution in [0.2, 0.25) is 0 Å². The van der Waals surface area contributed by atoms with E-state index < -0.39 is 6.10 Å². The minimum Gasteiger partial charge on any atom is -0.388 e. The smallest absolute Gasteiger partial charge is 0.304 e. The first-order chi connectivity index (χ1) is 8.52. The average molecular weight is 270 g/mol. The van der Waals surface area contributed by atoms with Gasteiger partial charge in [-0.1, -0.05) is 0 Å². The van der Waals surface area contributed by atoms with Crippen molar-refractivity contribution in [1.29, 1.82) is 0 Å². The Hall–Kier alpha value is -1.14. The lowest BCUT2D eigenvalue weighted by Crippen LogP contribution is -2.24. The maximum Gasteiger partial charge on any atom is 0.304 e. The summed E-state index contributed by atoms with van der Waals surface area (Å²) in [5, 5.41) is 21.3. The quantitative estimate of drug-likeness (QED) is 0.637. The maximum atomic E-state index is 11.1. The Balaban J connectivity index is 2.29. The van der Waals surface area contributed by atoms with Gasteiger partial charge in [0.25, 0.3) is 0 Å². The molecule has 1 aliphatic carbocycles. The highest BCUT2D eigenvalue weighted by atomic mass is 32.1. The van der Waals surface area contributed by atoms with E-state index in [1.54, 1.807) is 6.92 Å². The first kappa shape index (κ1) is 13.3. The molecule has 1 heterocycles. The molecule has 0 unspecified atom stereocenters. The zero-order valence-corrected chi connectivity index (χ0v) is 11.4. The van der Waals surface area contributed by atoms with Gasteiger partial charge in [0, 0.05) is 24.0 Å². The molecule has 6 heteroatoms. The Morgan fingerprint density at radius 1 is 1.67 bits per heavy atom. The lowest BCUT2D eigenvalue weighted by atomic mass is 10.3.